The van der Waals surface area contributed by atoms with Crippen LogP contribution in [0.1, 0.15) is 61.3 Å². The highest BCUT2D eigenvalue weighted by Gasteiger charge is 2.15. The van der Waals surface area contributed by atoms with Crippen LogP contribution in [0.25, 0.3) is 0 Å². The minimum atomic E-state index is -0.912. The minimum absolute atomic E-state index is 0.279. The molecule has 4 aromatic rings. The third-order valence-electron chi connectivity index (χ3n) is 6.38. The van der Waals surface area contributed by atoms with Crippen molar-refractivity contribution in [3.63, 3.8) is 0 Å². The molecule has 8 heteroatoms. The molecule has 2 aromatic carbocycles. The summed E-state index contributed by atoms with van der Waals surface area (Å²) >= 11 is 11.7. The summed E-state index contributed by atoms with van der Waals surface area (Å²) < 4.78 is 5.01. The van der Waals surface area contributed by atoms with Gasteiger partial charge in [0, 0.05) is 22.4 Å². The summed E-state index contributed by atoms with van der Waals surface area (Å²) in [7, 11) is 0. The second-order valence-corrected chi connectivity index (χ2v) is 9.78. The number of esters is 1. The van der Waals surface area contributed by atoms with Gasteiger partial charge in [0.25, 0.3) is 0 Å². The van der Waals surface area contributed by atoms with Gasteiger partial charge in [-0.3, -0.25) is 0 Å². The average molecular weight is 556 g/mol. The lowest BCUT2D eigenvalue weighted by Crippen LogP contribution is -2.06. The molecule has 2 heterocycles. The normalized spacial score (nSPS) is 10.6. The molecule has 0 atom stereocenters. The van der Waals surface area contributed by atoms with Crippen LogP contribution in [-0.4, -0.2) is 33.6 Å². The fraction of sp³-hybridized carbons (Fsp3) is 0.267. The van der Waals surface area contributed by atoms with Crippen LogP contribution >= 0.6 is 23.2 Å². The molecule has 0 bridgehead atoms. The van der Waals surface area contributed by atoms with Crippen molar-refractivity contribution < 1.29 is 19.4 Å². The Bertz CT molecular complexity index is 1360. The molecule has 38 heavy (non-hydrogen) atoms. The molecule has 4 rings (SSSR count). The van der Waals surface area contributed by atoms with Gasteiger partial charge in [-0.1, -0.05) is 47.5 Å². The van der Waals surface area contributed by atoms with Crippen LogP contribution in [0.2, 0.25) is 10.0 Å². The summed E-state index contributed by atoms with van der Waals surface area (Å²) in [5, 5.41) is 10.4. The molecule has 3 N–H and O–H groups in total. The first-order valence-electron chi connectivity index (χ1n) is 12.4. The number of aromatic amines is 2. The van der Waals surface area contributed by atoms with Crippen molar-refractivity contribution in [2.24, 2.45) is 0 Å². The molecule has 0 radical (unpaired) electrons. The largest absolute Gasteiger partial charge is 0.477 e. The zero-order valence-electron chi connectivity index (χ0n) is 21.7. The average Bonchev–Trinajstić information content (AvgIpc) is 3.46. The SMILES string of the molecule is CCOC(=O)c1[nH]cc(CCc2ccc(Cl)cc2)c1C.Cc1c(CCc2ccc(Cl)cc2)c[nH]c1C(=O)O. The van der Waals surface area contributed by atoms with E-state index >= 15 is 0 Å². The second kappa shape index (κ2) is 13.9. The third kappa shape index (κ3) is 8.01. The number of benzene rings is 2. The zero-order chi connectivity index (χ0) is 27.7. The summed E-state index contributed by atoms with van der Waals surface area (Å²) in [5.74, 6) is -1.20. The number of aryl methyl sites for hydroxylation is 4. The number of aromatic carboxylic acids is 1. The number of H-pyrrole nitrogens is 2. The summed E-state index contributed by atoms with van der Waals surface area (Å²) in [6.45, 7) is 5.96. The summed E-state index contributed by atoms with van der Waals surface area (Å²) in [6.07, 6.45) is 7.14. The highest BCUT2D eigenvalue weighted by molar-refractivity contribution is 6.30. The van der Waals surface area contributed by atoms with E-state index in [0.29, 0.717) is 12.3 Å². The zero-order valence-corrected chi connectivity index (χ0v) is 23.2. The first-order valence-corrected chi connectivity index (χ1v) is 13.2. The number of hydrogen-bond donors (Lipinski definition) is 3. The van der Waals surface area contributed by atoms with Crippen LogP contribution in [-0.2, 0) is 30.4 Å². The summed E-state index contributed by atoms with van der Waals surface area (Å²) in [5.41, 5.74) is 7.22. The quantitative estimate of drug-likeness (QED) is 0.188. The standard InChI is InChI=1S/C16H18ClNO2.C14H14ClNO2/c1-3-20-16(19)15-11(2)13(10-18-15)7-4-12-5-8-14(17)9-6-12;1-9-11(8-16-13(9)14(17)18)5-2-10-3-6-12(15)7-4-10/h5-6,8-10,18H,3-4,7H2,1-2H3;3-4,6-8,16H,2,5H2,1H3,(H,17,18). The van der Waals surface area contributed by atoms with Crippen LogP contribution in [0.4, 0.5) is 0 Å². The number of carboxylic acid groups (broad SMARTS) is 1. The Hall–Kier alpha value is -3.48. The maximum Gasteiger partial charge on any atom is 0.355 e. The Labute approximate surface area is 233 Å². The Morgan fingerprint density at radius 1 is 0.737 bits per heavy atom. The van der Waals surface area contributed by atoms with Crippen molar-refractivity contribution >= 4 is 35.1 Å². The number of carbonyl (C=O) groups excluding carboxylic acids is 1. The molecule has 0 fully saturated rings. The van der Waals surface area contributed by atoms with E-state index in [0.717, 1.165) is 58.0 Å². The molecular formula is C30H32Cl2N2O4. The molecule has 0 aliphatic heterocycles. The number of halogens is 2. The lowest BCUT2D eigenvalue weighted by Gasteiger charge is -2.03. The van der Waals surface area contributed by atoms with Crippen LogP contribution < -0.4 is 0 Å². The van der Waals surface area contributed by atoms with Gasteiger partial charge in [-0.25, -0.2) is 9.59 Å². The predicted octanol–water partition coefficient (Wildman–Crippen LogP) is 7.40. The Kier molecular flexibility index (Phi) is 10.6. The maximum absolute atomic E-state index is 11.7. The molecule has 0 aliphatic rings. The number of carboxylic acids is 1. The van der Waals surface area contributed by atoms with Gasteiger partial charge < -0.3 is 19.8 Å². The fourth-order valence-electron chi connectivity index (χ4n) is 4.09. The van der Waals surface area contributed by atoms with Crippen LogP contribution in [0.5, 0.6) is 0 Å². The Morgan fingerprint density at radius 3 is 1.55 bits per heavy atom. The van der Waals surface area contributed by atoms with E-state index in [-0.39, 0.29) is 11.7 Å². The van der Waals surface area contributed by atoms with Crippen LogP contribution in [0, 0.1) is 13.8 Å². The molecule has 6 nitrogen and oxygen atoms in total. The van der Waals surface area contributed by atoms with Gasteiger partial charge in [-0.2, -0.15) is 0 Å². The third-order valence-corrected chi connectivity index (χ3v) is 6.88. The molecule has 200 valence electrons. The number of carbonyl (C=O) groups is 2. The van der Waals surface area contributed by atoms with Crippen molar-refractivity contribution in [1.29, 1.82) is 0 Å². The van der Waals surface area contributed by atoms with E-state index in [9.17, 15) is 9.59 Å². The van der Waals surface area contributed by atoms with Gasteiger partial charge in [0.05, 0.1) is 6.61 Å². The van der Waals surface area contributed by atoms with Gasteiger partial charge >= 0.3 is 11.9 Å². The van der Waals surface area contributed by atoms with E-state index in [1.165, 1.54) is 11.1 Å². The Morgan fingerprint density at radius 2 is 1.16 bits per heavy atom. The van der Waals surface area contributed by atoms with Gasteiger partial charge in [-0.15, -0.1) is 0 Å². The van der Waals surface area contributed by atoms with Crippen molar-refractivity contribution in [2.45, 2.75) is 46.5 Å². The van der Waals surface area contributed by atoms with Crippen molar-refractivity contribution in [1.82, 2.24) is 9.97 Å². The van der Waals surface area contributed by atoms with Crippen molar-refractivity contribution in [3.05, 3.63) is 116 Å². The first-order chi connectivity index (χ1) is 18.2. The first kappa shape index (κ1) is 29.1. The number of ether oxygens (including phenoxy) is 1. The van der Waals surface area contributed by atoms with Gasteiger partial charge in [0.1, 0.15) is 11.4 Å². The monoisotopic (exact) mass is 554 g/mol. The minimum Gasteiger partial charge on any atom is -0.477 e. The molecule has 0 unspecified atom stereocenters. The highest BCUT2D eigenvalue weighted by Crippen LogP contribution is 2.18. The summed E-state index contributed by atoms with van der Waals surface area (Å²) in [4.78, 5) is 28.4. The van der Waals surface area contributed by atoms with Gasteiger partial charge in [0.2, 0.25) is 0 Å². The predicted molar refractivity (Wildman–Crippen MR) is 152 cm³/mol. The molecule has 0 aliphatic carbocycles. The van der Waals surface area contributed by atoms with Crippen LogP contribution in [0.15, 0.2) is 60.9 Å². The van der Waals surface area contributed by atoms with E-state index in [4.69, 9.17) is 33.0 Å². The molecule has 0 saturated heterocycles. The smallest absolute Gasteiger partial charge is 0.355 e. The topological polar surface area (TPSA) is 95.2 Å². The van der Waals surface area contributed by atoms with E-state index < -0.39 is 5.97 Å². The van der Waals surface area contributed by atoms with Crippen molar-refractivity contribution in [3.8, 4) is 0 Å². The lowest BCUT2D eigenvalue weighted by molar-refractivity contribution is 0.0519. The number of aromatic nitrogens is 2. The molecule has 0 spiro atoms. The van der Waals surface area contributed by atoms with E-state index in [1.807, 2.05) is 68.6 Å². The number of rotatable bonds is 9. The van der Waals surface area contributed by atoms with Crippen LogP contribution in [0.3, 0.4) is 0 Å². The van der Waals surface area contributed by atoms with Gasteiger partial charge in [0.15, 0.2) is 0 Å². The molecule has 0 saturated carbocycles. The fourth-order valence-corrected chi connectivity index (χ4v) is 4.34. The van der Waals surface area contributed by atoms with Gasteiger partial charge in [-0.05, 0) is 104 Å². The Balaban J connectivity index is 0.000000212. The maximum atomic E-state index is 11.7. The number of hydrogen-bond acceptors (Lipinski definition) is 3. The number of nitrogens with one attached hydrogen (secondary N) is 2. The summed E-state index contributed by atoms with van der Waals surface area (Å²) in [6, 6.07) is 15.5. The van der Waals surface area contributed by atoms with Crippen molar-refractivity contribution in [2.75, 3.05) is 6.61 Å². The highest BCUT2D eigenvalue weighted by atomic mass is 35.5. The van der Waals surface area contributed by atoms with E-state index in [1.54, 1.807) is 13.1 Å². The van der Waals surface area contributed by atoms with E-state index in [2.05, 4.69) is 9.97 Å². The molecule has 2 aromatic heterocycles. The lowest BCUT2D eigenvalue weighted by atomic mass is 10.0. The molecule has 0 amide bonds. The molecular weight excluding hydrogens is 523 g/mol. The second-order valence-electron chi connectivity index (χ2n) is 8.91.